The average Bonchev–Trinajstić information content (AvgIpc) is 2.67. The van der Waals surface area contributed by atoms with E-state index in [9.17, 15) is 9.59 Å². The van der Waals surface area contributed by atoms with E-state index in [1.165, 1.54) is 5.56 Å². The molecule has 0 bridgehead atoms. The third kappa shape index (κ3) is 5.10. The van der Waals surface area contributed by atoms with Crippen molar-refractivity contribution in [3.63, 3.8) is 0 Å². The van der Waals surface area contributed by atoms with E-state index >= 15 is 0 Å². The second kappa shape index (κ2) is 8.42. The molecular weight excluding hydrogens is 338 g/mol. The minimum Gasteiger partial charge on any atom is -0.341 e. The Bertz CT molecular complexity index is 645. The lowest BCUT2D eigenvalue weighted by Crippen LogP contribution is -2.53. The molecule has 2 saturated heterocycles. The van der Waals surface area contributed by atoms with Gasteiger partial charge in [-0.05, 0) is 18.4 Å². The van der Waals surface area contributed by atoms with Crippen molar-refractivity contribution in [1.29, 1.82) is 0 Å². The fourth-order valence-corrected chi connectivity index (χ4v) is 4.06. The number of piperidine rings is 1. The molecule has 1 atom stereocenters. The number of carbonyl (C=O) groups is 2. The second-order valence-corrected chi connectivity index (χ2v) is 8.93. The highest BCUT2D eigenvalue weighted by Gasteiger charge is 2.35. The summed E-state index contributed by atoms with van der Waals surface area (Å²) in [5, 5.41) is 0. The van der Waals surface area contributed by atoms with Gasteiger partial charge in [-0.25, -0.2) is 0 Å². The second-order valence-electron chi connectivity index (χ2n) is 8.93. The van der Waals surface area contributed by atoms with Gasteiger partial charge in [0.25, 0.3) is 0 Å². The highest BCUT2D eigenvalue weighted by molar-refractivity contribution is 5.84. The largest absolute Gasteiger partial charge is 0.341 e. The van der Waals surface area contributed by atoms with Gasteiger partial charge in [-0.15, -0.1) is 0 Å². The fourth-order valence-electron chi connectivity index (χ4n) is 4.06. The monoisotopic (exact) mass is 371 g/mol. The maximum Gasteiger partial charge on any atom is 0.227 e. The van der Waals surface area contributed by atoms with Gasteiger partial charge in [-0.2, -0.15) is 0 Å². The molecular formula is C22H33N3O2. The van der Waals surface area contributed by atoms with Crippen molar-refractivity contribution >= 4 is 11.8 Å². The molecule has 1 aromatic carbocycles. The van der Waals surface area contributed by atoms with Gasteiger partial charge in [0.05, 0.1) is 5.92 Å². The molecule has 2 aliphatic rings. The van der Waals surface area contributed by atoms with Crippen molar-refractivity contribution in [3.8, 4) is 0 Å². The maximum atomic E-state index is 13.0. The van der Waals surface area contributed by atoms with E-state index in [2.05, 4.69) is 29.2 Å². The highest BCUT2D eigenvalue weighted by Crippen LogP contribution is 2.25. The average molecular weight is 372 g/mol. The van der Waals surface area contributed by atoms with Crippen molar-refractivity contribution in [2.24, 2.45) is 11.3 Å². The van der Waals surface area contributed by atoms with Gasteiger partial charge in [-0.3, -0.25) is 14.5 Å². The molecule has 0 radical (unpaired) electrons. The van der Waals surface area contributed by atoms with Crippen LogP contribution in [0.25, 0.3) is 0 Å². The number of likely N-dealkylation sites (tertiary alicyclic amines) is 1. The van der Waals surface area contributed by atoms with Crippen LogP contribution < -0.4 is 0 Å². The third-order valence-electron chi connectivity index (χ3n) is 5.63. The number of benzene rings is 1. The lowest BCUT2D eigenvalue weighted by Gasteiger charge is -2.40. The molecule has 0 N–H and O–H groups in total. The first-order chi connectivity index (χ1) is 12.8. The molecule has 1 unspecified atom stereocenters. The molecule has 5 heteroatoms. The lowest BCUT2D eigenvalue weighted by atomic mass is 9.90. The molecule has 2 heterocycles. The molecule has 0 aromatic heterocycles. The van der Waals surface area contributed by atoms with E-state index in [-0.39, 0.29) is 23.1 Å². The lowest BCUT2D eigenvalue weighted by molar-refractivity contribution is -0.146. The summed E-state index contributed by atoms with van der Waals surface area (Å²) >= 11 is 0. The van der Waals surface area contributed by atoms with E-state index in [0.29, 0.717) is 6.54 Å². The van der Waals surface area contributed by atoms with Crippen LogP contribution in [0.2, 0.25) is 0 Å². The van der Waals surface area contributed by atoms with Crippen molar-refractivity contribution in [1.82, 2.24) is 14.7 Å². The molecule has 3 rings (SSSR count). The summed E-state index contributed by atoms with van der Waals surface area (Å²) in [7, 11) is 0. The third-order valence-corrected chi connectivity index (χ3v) is 5.63. The number of piperazine rings is 1. The van der Waals surface area contributed by atoms with Gasteiger partial charge in [0, 0.05) is 51.2 Å². The summed E-state index contributed by atoms with van der Waals surface area (Å²) in [6.07, 6.45) is 1.82. The fraction of sp³-hybridized carbons (Fsp3) is 0.636. The normalized spacial score (nSPS) is 22.0. The smallest absolute Gasteiger partial charge is 0.227 e. The number of rotatable bonds is 3. The zero-order valence-corrected chi connectivity index (χ0v) is 17.0. The Kier molecular flexibility index (Phi) is 6.20. The minimum atomic E-state index is -0.381. The van der Waals surface area contributed by atoms with Crippen LogP contribution in [-0.2, 0) is 16.1 Å². The predicted molar refractivity (Wildman–Crippen MR) is 107 cm³/mol. The van der Waals surface area contributed by atoms with E-state index in [1.807, 2.05) is 36.6 Å². The van der Waals surface area contributed by atoms with E-state index in [4.69, 9.17) is 0 Å². The molecule has 5 nitrogen and oxygen atoms in total. The molecule has 2 amide bonds. The van der Waals surface area contributed by atoms with E-state index in [0.717, 1.165) is 52.1 Å². The summed E-state index contributed by atoms with van der Waals surface area (Å²) in [5.74, 6) is 0.360. The molecule has 2 fully saturated rings. The first-order valence-electron chi connectivity index (χ1n) is 10.2. The van der Waals surface area contributed by atoms with Gasteiger partial charge in [0.15, 0.2) is 0 Å². The molecule has 27 heavy (non-hydrogen) atoms. The molecule has 0 spiro atoms. The standard InChI is InChI=1S/C22H33N3O2/c1-22(2,3)21(27)25-11-7-10-19(17-25)20(26)24-14-12-23(13-15-24)16-18-8-5-4-6-9-18/h4-6,8-9,19H,7,10-17H2,1-3H3. The van der Waals surface area contributed by atoms with Crippen molar-refractivity contribution in [3.05, 3.63) is 35.9 Å². The Balaban J connectivity index is 1.51. The van der Waals surface area contributed by atoms with Crippen molar-refractivity contribution in [2.45, 2.75) is 40.2 Å². The Morgan fingerprint density at radius 2 is 1.63 bits per heavy atom. The minimum absolute atomic E-state index is 0.0364. The predicted octanol–water partition coefficient (Wildman–Crippen LogP) is 2.62. The number of amides is 2. The summed E-state index contributed by atoms with van der Waals surface area (Å²) in [6, 6.07) is 10.5. The summed E-state index contributed by atoms with van der Waals surface area (Å²) < 4.78 is 0. The van der Waals surface area contributed by atoms with Gasteiger partial charge in [0.2, 0.25) is 11.8 Å². The molecule has 148 valence electrons. The number of carbonyl (C=O) groups excluding carboxylic acids is 2. The van der Waals surface area contributed by atoms with Crippen LogP contribution in [0.5, 0.6) is 0 Å². The number of nitrogens with zero attached hydrogens (tertiary/aromatic N) is 3. The van der Waals surface area contributed by atoms with Crippen LogP contribution in [0.15, 0.2) is 30.3 Å². The van der Waals surface area contributed by atoms with Crippen LogP contribution in [-0.4, -0.2) is 65.8 Å². The van der Waals surface area contributed by atoms with Gasteiger partial charge < -0.3 is 9.80 Å². The van der Waals surface area contributed by atoms with Crippen molar-refractivity contribution < 1.29 is 9.59 Å². The van der Waals surface area contributed by atoms with Gasteiger partial charge >= 0.3 is 0 Å². The Morgan fingerprint density at radius 1 is 0.963 bits per heavy atom. The molecule has 2 aliphatic heterocycles. The topological polar surface area (TPSA) is 43.9 Å². The molecule has 1 aromatic rings. The zero-order chi connectivity index (χ0) is 19.4. The zero-order valence-electron chi connectivity index (χ0n) is 17.0. The SMILES string of the molecule is CC(C)(C)C(=O)N1CCCC(C(=O)N2CCN(Cc3ccccc3)CC2)C1. The van der Waals surface area contributed by atoms with Crippen LogP contribution in [0.3, 0.4) is 0 Å². The molecule has 0 aliphatic carbocycles. The summed E-state index contributed by atoms with van der Waals surface area (Å²) in [6.45, 7) is 11.6. The maximum absolute atomic E-state index is 13.0. The summed E-state index contributed by atoms with van der Waals surface area (Å²) in [5.41, 5.74) is 0.939. The van der Waals surface area contributed by atoms with E-state index < -0.39 is 0 Å². The van der Waals surface area contributed by atoms with Crippen LogP contribution in [0.1, 0.15) is 39.2 Å². The number of hydrogen-bond donors (Lipinski definition) is 0. The highest BCUT2D eigenvalue weighted by atomic mass is 16.2. The number of hydrogen-bond acceptors (Lipinski definition) is 3. The summed E-state index contributed by atoms with van der Waals surface area (Å²) in [4.78, 5) is 31.9. The van der Waals surface area contributed by atoms with Crippen molar-refractivity contribution in [2.75, 3.05) is 39.3 Å². The Morgan fingerprint density at radius 3 is 2.26 bits per heavy atom. The van der Waals surface area contributed by atoms with E-state index in [1.54, 1.807) is 0 Å². The van der Waals surface area contributed by atoms with Gasteiger partial charge in [-0.1, -0.05) is 51.1 Å². The first kappa shape index (κ1) is 19.9. The Hall–Kier alpha value is -1.88. The quantitative estimate of drug-likeness (QED) is 0.820. The van der Waals surface area contributed by atoms with Crippen LogP contribution in [0, 0.1) is 11.3 Å². The van der Waals surface area contributed by atoms with Crippen LogP contribution >= 0.6 is 0 Å². The Labute approximate surface area is 163 Å². The van der Waals surface area contributed by atoms with Crippen LogP contribution in [0.4, 0.5) is 0 Å². The molecule has 0 saturated carbocycles. The first-order valence-corrected chi connectivity index (χ1v) is 10.2. The van der Waals surface area contributed by atoms with Gasteiger partial charge in [0.1, 0.15) is 0 Å².